The van der Waals surface area contributed by atoms with Gasteiger partial charge in [-0.15, -0.1) is 0 Å². The number of para-hydroxylation sites is 1. The first kappa shape index (κ1) is 27.8. The van der Waals surface area contributed by atoms with E-state index in [9.17, 15) is 13.2 Å². The van der Waals surface area contributed by atoms with Crippen LogP contribution >= 0.6 is 0 Å². The van der Waals surface area contributed by atoms with Crippen molar-refractivity contribution in [3.8, 4) is 0 Å². The molecule has 2 saturated carbocycles. The SMILES string of the molecule is CC=Nc1c(C2CCCCC2)cccc1S(=O)(=O)Nc1ccc(C(=O)N2CCN(CC3CCCC3)CC2)cc1. The fraction of sp³-hybridized carbons (Fsp3) is 0.548. The number of hydrogen-bond acceptors (Lipinski definition) is 5. The molecule has 2 aromatic rings. The third-order valence-corrected chi connectivity index (χ3v) is 10.1. The molecule has 7 nitrogen and oxygen atoms in total. The molecule has 1 heterocycles. The summed E-state index contributed by atoms with van der Waals surface area (Å²) < 4.78 is 29.7. The maximum absolute atomic E-state index is 13.5. The Balaban J connectivity index is 1.24. The zero-order chi connectivity index (χ0) is 27.2. The highest BCUT2D eigenvalue weighted by molar-refractivity contribution is 7.92. The van der Waals surface area contributed by atoms with Gasteiger partial charge in [0.1, 0.15) is 4.90 Å². The van der Waals surface area contributed by atoms with E-state index in [2.05, 4.69) is 14.6 Å². The number of nitrogens with one attached hydrogen (secondary N) is 1. The average molecular weight is 551 g/mol. The molecule has 2 aliphatic carbocycles. The van der Waals surface area contributed by atoms with Crippen LogP contribution in [0.3, 0.4) is 0 Å². The van der Waals surface area contributed by atoms with Gasteiger partial charge in [-0.05, 0) is 80.3 Å². The second kappa shape index (κ2) is 12.6. The van der Waals surface area contributed by atoms with Crippen molar-refractivity contribution in [1.82, 2.24) is 9.80 Å². The minimum absolute atomic E-state index is 0.00433. The molecule has 210 valence electrons. The molecule has 3 aliphatic rings. The van der Waals surface area contributed by atoms with Crippen molar-refractivity contribution in [2.24, 2.45) is 10.9 Å². The van der Waals surface area contributed by atoms with Gasteiger partial charge in [0.2, 0.25) is 0 Å². The van der Waals surface area contributed by atoms with E-state index in [4.69, 9.17) is 0 Å². The molecule has 0 aromatic heterocycles. The first-order valence-corrected chi connectivity index (χ1v) is 16.2. The summed E-state index contributed by atoms with van der Waals surface area (Å²) in [6.07, 6.45) is 12.7. The van der Waals surface area contributed by atoms with Crippen molar-refractivity contribution < 1.29 is 13.2 Å². The summed E-state index contributed by atoms with van der Waals surface area (Å²) in [5, 5.41) is 0. The molecule has 1 aliphatic heterocycles. The molecule has 0 unspecified atom stereocenters. The number of nitrogens with zero attached hydrogens (tertiary/aromatic N) is 3. The van der Waals surface area contributed by atoms with Crippen LogP contribution in [0.25, 0.3) is 0 Å². The van der Waals surface area contributed by atoms with Gasteiger partial charge in [-0.25, -0.2) is 8.42 Å². The largest absolute Gasteiger partial charge is 0.336 e. The predicted octanol–water partition coefficient (Wildman–Crippen LogP) is 6.21. The van der Waals surface area contributed by atoms with Crippen LogP contribution in [0.15, 0.2) is 52.4 Å². The Hall–Kier alpha value is -2.71. The van der Waals surface area contributed by atoms with Crippen molar-refractivity contribution in [1.29, 1.82) is 0 Å². The summed E-state index contributed by atoms with van der Waals surface area (Å²) in [6.45, 7) is 6.28. The van der Waals surface area contributed by atoms with Gasteiger partial charge in [0.15, 0.2) is 0 Å². The lowest BCUT2D eigenvalue weighted by molar-refractivity contribution is 0.0618. The third-order valence-electron chi connectivity index (χ3n) is 8.66. The molecule has 0 atom stereocenters. The molecule has 39 heavy (non-hydrogen) atoms. The fourth-order valence-electron chi connectivity index (χ4n) is 6.53. The van der Waals surface area contributed by atoms with Crippen molar-refractivity contribution in [2.45, 2.75) is 75.5 Å². The fourth-order valence-corrected chi connectivity index (χ4v) is 7.77. The quantitative estimate of drug-likeness (QED) is 0.397. The topological polar surface area (TPSA) is 82.1 Å². The van der Waals surface area contributed by atoms with Crippen molar-refractivity contribution in [3.05, 3.63) is 53.6 Å². The Kier molecular flexibility index (Phi) is 9.03. The van der Waals surface area contributed by atoms with Crippen LogP contribution in [0, 0.1) is 5.92 Å². The summed E-state index contributed by atoms with van der Waals surface area (Å²) >= 11 is 0. The van der Waals surface area contributed by atoms with Crippen LogP contribution in [0.2, 0.25) is 0 Å². The summed E-state index contributed by atoms with van der Waals surface area (Å²) in [5.74, 6) is 1.16. The normalized spacial score (nSPS) is 20.1. The van der Waals surface area contributed by atoms with Crippen molar-refractivity contribution >= 4 is 33.5 Å². The second-order valence-electron chi connectivity index (χ2n) is 11.3. The van der Waals surface area contributed by atoms with E-state index in [0.717, 1.165) is 69.9 Å². The van der Waals surface area contributed by atoms with Gasteiger partial charge in [0, 0.05) is 50.2 Å². The Morgan fingerprint density at radius 2 is 1.59 bits per heavy atom. The molecule has 5 rings (SSSR count). The lowest BCUT2D eigenvalue weighted by atomic mass is 9.83. The standard InChI is InChI=1S/C31H42N4O3S/c1-2-32-30-28(25-11-4-3-5-12-25)13-8-14-29(30)39(37,38)33-27-17-15-26(16-18-27)31(36)35-21-19-34(20-22-35)23-24-9-6-7-10-24/h2,8,13-18,24-25,33H,3-7,9-12,19-23H2,1H3. The Morgan fingerprint density at radius 1 is 0.923 bits per heavy atom. The van der Waals surface area contributed by atoms with Gasteiger partial charge in [0.05, 0.1) is 5.69 Å². The summed E-state index contributed by atoms with van der Waals surface area (Å²) in [7, 11) is -3.86. The van der Waals surface area contributed by atoms with E-state index in [1.54, 1.807) is 36.5 Å². The molecule has 0 radical (unpaired) electrons. The van der Waals surface area contributed by atoms with Crippen molar-refractivity contribution in [3.63, 3.8) is 0 Å². The van der Waals surface area contributed by atoms with E-state index >= 15 is 0 Å². The maximum Gasteiger partial charge on any atom is 0.264 e. The number of aliphatic imine (C=N–C) groups is 1. The highest BCUT2D eigenvalue weighted by atomic mass is 32.2. The molecule has 2 aromatic carbocycles. The number of piperazine rings is 1. The number of carbonyl (C=O) groups excluding carboxylic acids is 1. The second-order valence-corrected chi connectivity index (χ2v) is 13.0. The predicted molar refractivity (Wildman–Crippen MR) is 158 cm³/mol. The highest BCUT2D eigenvalue weighted by Crippen LogP contribution is 2.40. The minimum Gasteiger partial charge on any atom is -0.336 e. The number of benzene rings is 2. The molecule has 1 saturated heterocycles. The van der Waals surface area contributed by atoms with Gasteiger partial charge in [-0.2, -0.15) is 0 Å². The first-order chi connectivity index (χ1) is 18.9. The molecule has 3 fully saturated rings. The highest BCUT2D eigenvalue weighted by Gasteiger charge is 2.27. The van der Waals surface area contributed by atoms with Gasteiger partial charge in [0.25, 0.3) is 15.9 Å². The first-order valence-electron chi connectivity index (χ1n) is 14.7. The van der Waals surface area contributed by atoms with Crippen molar-refractivity contribution in [2.75, 3.05) is 37.4 Å². The van der Waals surface area contributed by atoms with Crippen LogP contribution in [-0.4, -0.2) is 63.1 Å². The van der Waals surface area contributed by atoms with Crippen LogP contribution in [0.1, 0.15) is 86.6 Å². The molecule has 0 bridgehead atoms. The third kappa shape index (κ3) is 6.72. The lowest BCUT2D eigenvalue weighted by Gasteiger charge is -2.36. The lowest BCUT2D eigenvalue weighted by Crippen LogP contribution is -2.49. The van der Waals surface area contributed by atoms with Gasteiger partial charge >= 0.3 is 0 Å². The Morgan fingerprint density at radius 3 is 2.26 bits per heavy atom. The number of carbonyl (C=O) groups is 1. The summed E-state index contributed by atoms with van der Waals surface area (Å²) in [4.78, 5) is 22.2. The Bertz CT molecular complexity index is 1260. The maximum atomic E-state index is 13.5. The van der Waals surface area contributed by atoms with Crippen LogP contribution in [0.5, 0.6) is 0 Å². The average Bonchev–Trinajstić information content (AvgIpc) is 3.47. The number of rotatable bonds is 8. The zero-order valence-electron chi connectivity index (χ0n) is 23.1. The van der Waals surface area contributed by atoms with E-state index in [-0.39, 0.29) is 10.8 Å². The van der Waals surface area contributed by atoms with E-state index in [1.165, 1.54) is 32.1 Å². The minimum atomic E-state index is -3.86. The Labute approximate surface area is 233 Å². The molecular formula is C31H42N4O3S. The van der Waals surface area contributed by atoms with Gasteiger partial charge in [-0.3, -0.25) is 19.4 Å². The van der Waals surface area contributed by atoms with E-state index in [0.29, 0.717) is 22.9 Å². The molecule has 8 heteroatoms. The van der Waals surface area contributed by atoms with Gasteiger partial charge < -0.3 is 4.90 Å². The smallest absolute Gasteiger partial charge is 0.264 e. The molecular weight excluding hydrogens is 508 g/mol. The van der Waals surface area contributed by atoms with Crippen LogP contribution in [-0.2, 0) is 10.0 Å². The molecule has 1 amide bonds. The van der Waals surface area contributed by atoms with E-state index < -0.39 is 10.0 Å². The zero-order valence-corrected chi connectivity index (χ0v) is 24.0. The molecule has 0 spiro atoms. The summed E-state index contributed by atoms with van der Waals surface area (Å²) in [6, 6.07) is 12.3. The number of hydrogen-bond donors (Lipinski definition) is 1. The van der Waals surface area contributed by atoms with E-state index in [1.807, 2.05) is 24.0 Å². The number of anilines is 1. The number of sulfonamides is 1. The van der Waals surface area contributed by atoms with Crippen LogP contribution < -0.4 is 4.72 Å². The molecule has 1 N–H and O–H groups in total. The monoisotopic (exact) mass is 550 g/mol. The van der Waals surface area contributed by atoms with Gasteiger partial charge in [-0.1, -0.05) is 44.2 Å². The van der Waals surface area contributed by atoms with Crippen LogP contribution in [0.4, 0.5) is 11.4 Å². The number of amides is 1. The summed E-state index contributed by atoms with van der Waals surface area (Å²) in [5.41, 5.74) is 2.57.